The number of likely N-dealkylation sites (tertiary alicyclic amines) is 1. The van der Waals surface area contributed by atoms with Crippen LogP contribution >= 0.6 is 0 Å². The van der Waals surface area contributed by atoms with Gasteiger partial charge >= 0.3 is 0 Å². The number of nitrogens with zero attached hydrogens (tertiary/aromatic N) is 3. The van der Waals surface area contributed by atoms with Gasteiger partial charge in [-0.1, -0.05) is 12.1 Å². The standard InChI is InChI=1S/C19H29N3O4S/c1-20(2)27(24,25)22-14-19(15-22,18(23)21-10-5-4-6-11-21)13-16-8-7-9-17(12-16)26-3/h7-9,12H,4-6,10-11,13-15H2,1-3H3. The van der Waals surface area contributed by atoms with E-state index in [0.717, 1.165) is 43.7 Å². The molecule has 8 heteroatoms. The molecule has 0 bridgehead atoms. The van der Waals surface area contributed by atoms with Crippen LogP contribution in [-0.4, -0.2) is 75.2 Å². The Balaban J connectivity index is 1.85. The number of amides is 1. The van der Waals surface area contributed by atoms with E-state index >= 15 is 0 Å². The van der Waals surface area contributed by atoms with Crippen molar-refractivity contribution in [1.29, 1.82) is 0 Å². The van der Waals surface area contributed by atoms with Crippen molar-refractivity contribution in [3.05, 3.63) is 29.8 Å². The van der Waals surface area contributed by atoms with E-state index in [-0.39, 0.29) is 19.0 Å². The highest BCUT2D eigenvalue weighted by Crippen LogP contribution is 2.39. The Kier molecular flexibility index (Phi) is 5.79. The summed E-state index contributed by atoms with van der Waals surface area (Å²) in [6.45, 7) is 1.97. The molecule has 27 heavy (non-hydrogen) atoms. The number of benzene rings is 1. The van der Waals surface area contributed by atoms with Gasteiger partial charge in [-0.05, 0) is 43.4 Å². The van der Waals surface area contributed by atoms with Crippen molar-refractivity contribution in [2.45, 2.75) is 25.7 Å². The Morgan fingerprint density at radius 1 is 1.19 bits per heavy atom. The number of ether oxygens (including phenoxy) is 1. The van der Waals surface area contributed by atoms with E-state index in [2.05, 4.69) is 0 Å². The predicted molar refractivity (Wildman–Crippen MR) is 104 cm³/mol. The average Bonchev–Trinajstić information content (AvgIpc) is 2.64. The topological polar surface area (TPSA) is 70.2 Å². The molecule has 0 spiro atoms. The van der Waals surface area contributed by atoms with Crippen LogP contribution in [0.2, 0.25) is 0 Å². The SMILES string of the molecule is COc1cccc(CC2(C(=O)N3CCCCC3)CN(S(=O)(=O)N(C)C)C2)c1. The first-order valence-electron chi connectivity index (χ1n) is 9.38. The van der Waals surface area contributed by atoms with E-state index < -0.39 is 15.6 Å². The second kappa shape index (κ2) is 7.77. The molecule has 0 N–H and O–H groups in total. The highest BCUT2D eigenvalue weighted by Gasteiger charge is 2.55. The smallest absolute Gasteiger partial charge is 0.281 e. The zero-order valence-electron chi connectivity index (χ0n) is 16.3. The first kappa shape index (κ1) is 20.1. The largest absolute Gasteiger partial charge is 0.497 e. The second-order valence-corrected chi connectivity index (χ2v) is 9.86. The van der Waals surface area contributed by atoms with Gasteiger partial charge in [0.05, 0.1) is 12.5 Å². The first-order valence-corrected chi connectivity index (χ1v) is 10.8. The van der Waals surface area contributed by atoms with Gasteiger partial charge in [0.15, 0.2) is 0 Å². The molecule has 1 aromatic carbocycles. The van der Waals surface area contributed by atoms with E-state index in [1.54, 1.807) is 7.11 Å². The summed E-state index contributed by atoms with van der Waals surface area (Å²) in [6, 6.07) is 7.66. The fraction of sp³-hybridized carbons (Fsp3) is 0.632. The van der Waals surface area contributed by atoms with Crippen molar-refractivity contribution >= 4 is 16.1 Å². The predicted octanol–water partition coefficient (Wildman–Crippen LogP) is 1.36. The van der Waals surface area contributed by atoms with E-state index in [0.29, 0.717) is 6.42 Å². The third-order valence-electron chi connectivity index (χ3n) is 5.52. The molecule has 2 saturated heterocycles. The number of hydrogen-bond acceptors (Lipinski definition) is 4. The summed E-state index contributed by atoms with van der Waals surface area (Å²) in [5.41, 5.74) is 0.286. The third-order valence-corrected chi connectivity index (χ3v) is 7.35. The highest BCUT2D eigenvalue weighted by molar-refractivity contribution is 7.86. The van der Waals surface area contributed by atoms with Gasteiger partial charge in [0.25, 0.3) is 10.2 Å². The van der Waals surface area contributed by atoms with Gasteiger partial charge in [0.2, 0.25) is 5.91 Å². The van der Waals surface area contributed by atoms with Crippen molar-refractivity contribution in [2.75, 3.05) is 47.4 Å². The van der Waals surface area contributed by atoms with Crippen LogP contribution in [0.3, 0.4) is 0 Å². The molecule has 2 heterocycles. The summed E-state index contributed by atoms with van der Waals surface area (Å²) in [4.78, 5) is 15.3. The van der Waals surface area contributed by atoms with E-state index in [4.69, 9.17) is 4.74 Å². The molecule has 0 radical (unpaired) electrons. The Morgan fingerprint density at radius 2 is 1.85 bits per heavy atom. The number of methoxy groups -OCH3 is 1. The third kappa shape index (κ3) is 3.97. The maximum absolute atomic E-state index is 13.4. The molecule has 1 aromatic rings. The zero-order chi connectivity index (χ0) is 19.7. The lowest BCUT2D eigenvalue weighted by Crippen LogP contribution is -2.67. The van der Waals surface area contributed by atoms with Crippen LogP contribution < -0.4 is 4.74 Å². The Bertz CT molecular complexity index is 782. The summed E-state index contributed by atoms with van der Waals surface area (Å²) in [5, 5.41) is 0. The summed E-state index contributed by atoms with van der Waals surface area (Å²) in [5.74, 6) is 0.820. The summed E-state index contributed by atoms with van der Waals surface area (Å²) >= 11 is 0. The molecule has 2 aliphatic rings. The van der Waals surface area contributed by atoms with Crippen molar-refractivity contribution < 1.29 is 17.9 Å². The lowest BCUT2D eigenvalue weighted by Gasteiger charge is -2.50. The molecule has 0 saturated carbocycles. The van der Waals surface area contributed by atoms with Gasteiger partial charge in [-0.3, -0.25) is 4.79 Å². The Labute approximate surface area is 162 Å². The molecule has 1 amide bonds. The van der Waals surface area contributed by atoms with Crippen LogP contribution in [0.5, 0.6) is 5.75 Å². The van der Waals surface area contributed by atoms with E-state index in [1.807, 2.05) is 29.2 Å². The minimum Gasteiger partial charge on any atom is -0.497 e. The minimum atomic E-state index is -3.51. The van der Waals surface area contributed by atoms with Crippen LogP contribution in [0, 0.1) is 5.41 Å². The molecule has 0 unspecified atom stereocenters. The van der Waals surface area contributed by atoms with E-state index in [9.17, 15) is 13.2 Å². The zero-order valence-corrected chi connectivity index (χ0v) is 17.2. The lowest BCUT2D eigenvalue weighted by atomic mass is 9.74. The van der Waals surface area contributed by atoms with Crippen LogP contribution in [-0.2, 0) is 21.4 Å². The Morgan fingerprint density at radius 3 is 2.44 bits per heavy atom. The molecular formula is C19H29N3O4S. The number of carbonyl (C=O) groups excluding carboxylic acids is 1. The fourth-order valence-corrected chi connectivity index (χ4v) is 5.23. The van der Waals surface area contributed by atoms with Crippen LogP contribution in [0.4, 0.5) is 0 Å². The summed E-state index contributed by atoms with van der Waals surface area (Å²) in [6.07, 6.45) is 3.69. The molecule has 2 fully saturated rings. The highest BCUT2D eigenvalue weighted by atomic mass is 32.2. The molecule has 3 rings (SSSR count). The number of rotatable bonds is 6. The molecule has 2 aliphatic heterocycles. The first-order chi connectivity index (χ1) is 12.8. The fourth-order valence-electron chi connectivity index (χ4n) is 3.95. The number of hydrogen-bond donors (Lipinski definition) is 0. The quantitative estimate of drug-likeness (QED) is 0.729. The van der Waals surface area contributed by atoms with Crippen LogP contribution in [0.15, 0.2) is 24.3 Å². The average molecular weight is 396 g/mol. The summed E-state index contributed by atoms with van der Waals surface area (Å²) < 4.78 is 32.8. The van der Waals surface area contributed by atoms with Crippen molar-refractivity contribution in [3.8, 4) is 5.75 Å². The van der Waals surface area contributed by atoms with Crippen LogP contribution in [0.25, 0.3) is 0 Å². The molecule has 0 aromatic heterocycles. The van der Waals surface area contributed by atoms with Crippen LogP contribution in [0.1, 0.15) is 24.8 Å². The maximum atomic E-state index is 13.4. The minimum absolute atomic E-state index is 0.0789. The number of piperidine rings is 1. The molecule has 150 valence electrons. The van der Waals surface area contributed by atoms with Gasteiger partial charge < -0.3 is 9.64 Å². The van der Waals surface area contributed by atoms with Gasteiger partial charge in [-0.2, -0.15) is 17.0 Å². The van der Waals surface area contributed by atoms with Crippen molar-refractivity contribution in [2.24, 2.45) is 5.41 Å². The summed E-state index contributed by atoms with van der Waals surface area (Å²) in [7, 11) is 1.14. The lowest BCUT2D eigenvalue weighted by molar-refractivity contribution is -0.150. The van der Waals surface area contributed by atoms with Gasteiger partial charge in [0.1, 0.15) is 5.75 Å². The van der Waals surface area contributed by atoms with E-state index in [1.165, 1.54) is 22.7 Å². The Hall–Kier alpha value is -1.64. The molecular weight excluding hydrogens is 366 g/mol. The second-order valence-electron chi connectivity index (χ2n) is 7.72. The molecule has 0 aliphatic carbocycles. The van der Waals surface area contributed by atoms with Crippen molar-refractivity contribution in [1.82, 2.24) is 13.5 Å². The van der Waals surface area contributed by atoms with Crippen molar-refractivity contribution in [3.63, 3.8) is 0 Å². The molecule has 7 nitrogen and oxygen atoms in total. The monoisotopic (exact) mass is 395 g/mol. The maximum Gasteiger partial charge on any atom is 0.281 e. The van der Waals surface area contributed by atoms with Gasteiger partial charge in [0, 0.05) is 40.3 Å². The van der Waals surface area contributed by atoms with Gasteiger partial charge in [-0.15, -0.1) is 0 Å². The number of carbonyl (C=O) groups is 1. The van der Waals surface area contributed by atoms with Gasteiger partial charge in [-0.25, -0.2) is 0 Å². The normalized spacial score (nSPS) is 20.4. The molecule has 0 atom stereocenters.